The number of carbonyl (C=O) groups is 1. The van der Waals surface area contributed by atoms with E-state index in [9.17, 15) is 13.6 Å². The molecular weight excluding hydrogens is 474 g/mol. The molecule has 1 atom stereocenters. The van der Waals surface area contributed by atoms with Gasteiger partial charge in [-0.15, -0.1) is 0 Å². The molecule has 2 N–H and O–H groups in total. The maximum atomic E-state index is 13.7. The highest BCUT2D eigenvalue weighted by Gasteiger charge is 2.28. The Balaban J connectivity index is 1.31. The fraction of sp³-hybridized carbons (Fsp3) is 0.296. The molecule has 0 fully saturated rings. The Morgan fingerprint density at radius 3 is 2.54 bits per heavy atom. The number of anilines is 1. The van der Waals surface area contributed by atoms with Crippen molar-refractivity contribution in [2.45, 2.75) is 19.3 Å². The largest absolute Gasteiger partial charge is 0.490 e. The predicted molar refractivity (Wildman–Crippen MR) is 132 cm³/mol. The summed E-state index contributed by atoms with van der Waals surface area (Å²) in [6.45, 7) is 1.22. The quantitative estimate of drug-likeness (QED) is 0.411. The molecule has 4 rings (SSSR count). The normalized spacial score (nSPS) is 13.8. The van der Waals surface area contributed by atoms with Crippen LogP contribution in [0.15, 0.2) is 60.7 Å². The van der Waals surface area contributed by atoms with Crippen LogP contribution in [0.3, 0.4) is 0 Å². The Morgan fingerprint density at radius 2 is 1.80 bits per heavy atom. The lowest BCUT2D eigenvalue weighted by molar-refractivity contribution is -0.122. The number of amides is 1. The molecule has 0 spiro atoms. The molecule has 35 heavy (non-hydrogen) atoms. The maximum absolute atomic E-state index is 13.7. The van der Waals surface area contributed by atoms with Crippen LogP contribution in [0, 0.1) is 17.6 Å². The highest BCUT2D eigenvalue weighted by atomic mass is 35.5. The average molecular weight is 501 g/mol. The highest BCUT2D eigenvalue weighted by Crippen LogP contribution is 2.29. The summed E-state index contributed by atoms with van der Waals surface area (Å²) in [6.07, 6.45) is 2.03. The molecule has 0 saturated carbocycles. The molecule has 3 aromatic rings. The van der Waals surface area contributed by atoms with Crippen molar-refractivity contribution in [3.63, 3.8) is 0 Å². The number of hydrogen-bond acceptors (Lipinski definition) is 4. The van der Waals surface area contributed by atoms with Crippen LogP contribution in [0.2, 0.25) is 5.02 Å². The van der Waals surface area contributed by atoms with E-state index in [1.807, 2.05) is 24.3 Å². The summed E-state index contributed by atoms with van der Waals surface area (Å²) < 4.78 is 38.4. The average Bonchev–Trinajstić information content (AvgIpc) is 2.86. The number of benzene rings is 3. The number of ether oxygens (including phenoxy) is 2. The van der Waals surface area contributed by atoms with Gasteiger partial charge in [0.15, 0.2) is 11.6 Å². The van der Waals surface area contributed by atoms with Crippen LogP contribution < -0.4 is 20.1 Å². The second-order valence-corrected chi connectivity index (χ2v) is 8.86. The van der Waals surface area contributed by atoms with Crippen LogP contribution in [0.5, 0.6) is 11.5 Å². The van der Waals surface area contributed by atoms with Crippen molar-refractivity contribution in [2.75, 3.05) is 31.2 Å². The summed E-state index contributed by atoms with van der Waals surface area (Å²) in [4.78, 5) is 15.0. The Bertz CT molecular complexity index is 1170. The number of nitrogens with two attached hydrogens (primary N) is 1. The van der Waals surface area contributed by atoms with Crippen LogP contribution >= 0.6 is 11.6 Å². The lowest BCUT2D eigenvalue weighted by atomic mass is 9.95. The summed E-state index contributed by atoms with van der Waals surface area (Å²) in [5, 5.41) is 0.306. The van der Waals surface area contributed by atoms with E-state index in [1.165, 1.54) is 24.3 Å². The number of nitrogens with zero attached hydrogens (tertiary/aromatic N) is 1. The van der Waals surface area contributed by atoms with E-state index in [4.69, 9.17) is 26.8 Å². The zero-order valence-electron chi connectivity index (χ0n) is 19.2. The van der Waals surface area contributed by atoms with E-state index in [-0.39, 0.29) is 43.2 Å². The zero-order valence-corrected chi connectivity index (χ0v) is 19.9. The molecule has 1 aliphatic heterocycles. The summed E-state index contributed by atoms with van der Waals surface area (Å²) >= 11 is 5.73. The molecule has 1 amide bonds. The maximum Gasteiger partial charge on any atom is 0.231 e. The van der Waals surface area contributed by atoms with E-state index >= 15 is 0 Å². The van der Waals surface area contributed by atoms with Gasteiger partial charge in [0.25, 0.3) is 0 Å². The van der Waals surface area contributed by atoms with Crippen LogP contribution in [-0.4, -0.2) is 32.2 Å². The van der Waals surface area contributed by atoms with Gasteiger partial charge in [-0.05, 0) is 78.9 Å². The van der Waals surface area contributed by atoms with Gasteiger partial charge in [0.2, 0.25) is 5.91 Å². The number of hydrogen-bond donors (Lipinski definition) is 1. The van der Waals surface area contributed by atoms with Crippen LogP contribution in [-0.2, 0) is 17.6 Å². The number of carbonyl (C=O) groups excluding carboxylic acids is 1. The highest BCUT2D eigenvalue weighted by molar-refractivity contribution is 6.30. The van der Waals surface area contributed by atoms with Crippen molar-refractivity contribution in [3.05, 3.63) is 88.4 Å². The first-order valence-corrected chi connectivity index (χ1v) is 11.9. The van der Waals surface area contributed by atoms with Gasteiger partial charge in [-0.25, -0.2) is 8.78 Å². The first-order valence-electron chi connectivity index (χ1n) is 11.5. The fourth-order valence-corrected chi connectivity index (χ4v) is 4.35. The topological polar surface area (TPSA) is 64.8 Å². The van der Waals surface area contributed by atoms with Crippen molar-refractivity contribution in [1.29, 1.82) is 0 Å². The van der Waals surface area contributed by atoms with Crippen molar-refractivity contribution in [2.24, 2.45) is 11.7 Å². The zero-order chi connectivity index (χ0) is 24.8. The number of fused-ring (bicyclic) bond motifs is 1. The van der Waals surface area contributed by atoms with Crippen LogP contribution in [0.1, 0.15) is 17.5 Å². The fourth-order valence-electron chi connectivity index (χ4n) is 4.20. The molecule has 0 saturated heterocycles. The third-order valence-corrected chi connectivity index (χ3v) is 6.20. The molecular formula is C27H27ClF2N2O3. The Hall–Kier alpha value is -3.16. The van der Waals surface area contributed by atoms with Crippen LogP contribution in [0.25, 0.3) is 0 Å². The van der Waals surface area contributed by atoms with Gasteiger partial charge in [-0.2, -0.15) is 0 Å². The summed E-state index contributed by atoms with van der Waals surface area (Å²) in [5.74, 6) is -0.498. The molecule has 0 aromatic heterocycles. The smallest absolute Gasteiger partial charge is 0.231 e. The monoisotopic (exact) mass is 500 g/mol. The minimum Gasteiger partial charge on any atom is -0.490 e. The first kappa shape index (κ1) is 24.9. The molecule has 0 radical (unpaired) electrons. The summed E-state index contributed by atoms with van der Waals surface area (Å²) in [5.41, 5.74) is 8.55. The van der Waals surface area contributed by atoms with E-state index < -0.39 is 5.82 Å². The Kier molecular flexibility index (Phi) is 8.21. The molecule has 0 aliphatic carbocycles. The lowest BCUT2D eigenvalue weighted by Crippen LogP contribution is -2.42. The molecule has 1 heterocycles. The van der Waals surface area contributed by atoms with Gasteiger partial charge in [0.05, 0.1) is 5.92 Å². The molecule has 1 unspecified atom stereocenters. The Morgan fingerprint density at radius 1 is 1.03 bits per heavy atom. The van der Waals surface area contributed by atoms with E-state index in [0.717, 1.165) is 29.7 Å². The second kappa shape index (κ2) is 11.5. The number of aryl methyl sites for hydroxylation is 1. The molecule has 3 aromatic carbocycles. The molecule has 0 bridgehead atoms. The van der Waals surface area contributed by atoms with E-state index in [2.05, 4.69) is 0 Å². The standard InChI is InChI=1S/C27H27ClF2N2O3/c28-21-5-10-26(24(30)16-21)35-13-12-34-23-7-3-18(4-8-23)14-20(17-31)27(33)32-11-1-2-19-15-22(29)6-9-25(19)32/h3-10,15-16,20H,1-2,11-14,17,31H2. The molecule has 8 heteroatoms. The van der Waals surface area contributed by atoms with Crippen molar-refractivity contribution < 1.29 is 23.0 Å². The number of halogens is 3. The van der Waals surface area contributed by atoms with Crippen molar-refractivity contribution in [3.8, 4) is 11.5 Å². The van der Waals surface area contributed by atoms with Gasteiger partial charge >= 0.3 is 0 Å². The lowest BCUT2D eigenvalue weighted by Gasteiger charge is -2.32. The molecule has 5 nitrogen and oxygen atoms in total. The second-order valence-electron chi connectivity index (χ2n) is 8.42. The number of rotatable bonds is 9. The summed E-state index contributed by atoms with van der Waals surface area (Å²) in [6, 6.07) is 16.2. The summed E-state index contributed by atoms with van der Waals surface area (Å²) in [7, 11) is 0. The molecule has 184 valence electrons. The third-order valence-electron chi connectivity index (χ3n) is 5.97. The minimum absolute atomic E-state index is 0.0491. The first-order chi connectivity index (χ1) is 16.9. The van der Waals surface area contributed by atoms with E-state index in [1.54, 1.807) is 17.0 Å². The molecule has 1 aliphatic rings. The van der Waals surface area contributed by atoms with Gasteiger partial charge in [0.1, 0.15) is 24.8 Å². The van der Waals surface area contributed by atoms with Gasteiger partial charge < -0.3 is 20.1 Å². The minimum atomic E-state index is -0.522. The van der Waals surface area contributed by atoms with Crippen LogP contribution in [0.4, 0.5) is 14.5 Å². The third kappa shape index (κ3) is 6.29. The van der Waals surface area contributed by atoms with Gasteiger partial charge in [-0.3, -0.25) is 4.79 Å². The Labute approximate surface area is 208 Å². The predicted octanol–water partition coefficient (Wildman–Crippen LogP) is 5.17. The SMILES string of the molecule is NCC(Cc1ccc(OCCOc2ccc(Cl)cc2F)cc1)C(=O)N1CCCc2cc(F)ccc21. The van der Waals surface area contributed by atoms with Gasteiger partial charge in [-0.1, -0.05) is 23.7 Å². The van der Waals surface area contributed by atoms with Crippen molar-refractivity contribution in [1.82, 2.24) is 0 Å². The van der Waals surface area contributed by atoms with Gasteiger partial charge in [0, 0.05) is 23.8 Å². The van der Waals surface area contributed by atoms with Crippen molar-refractivity contribution >= 4 is 23.2 Å². The van der Waals surface area contributed by atoms with E-state index in [0.29, 0.717) is 23.7 Å².